The van der Waals surface area contributed by atoms with Gasteiger partial charge in [-0.25, -0.2) is 0 Å². The van der Waals surface area contributed by atoms with Gasteiger partial charge in [-0.2, -0.15) is 6.41 Å². The van der Waals surface area contributed by atoms with E-state index in [4.69, 9.17) is 4.74 Å². The number of hydrogen-bond donors (Lipinski definition) is 0. The number of nitrogens with zero attached hydrogens (tertiary/aromatic N) is 2. The van der Waals surface area contributed by atoms with Crippen LogP contribution < -0.4 is 4.74 Å². The molecule has 1 saturated heterocycles. The molecule has 6 nitrogen and oxygen atoms in total. The fourth-order valence-corrected chi connectivity index (χ4v) is 1.90. The molecule has 1 aliphatic rings. The Morgan fingerprint density at radius 3 is 2.32 bits per heavy atom. The molecule has 0 bridgehead atoms. The Bertz CT molecular complexity index is 430. The van der Waals surface area contributed by atoms with Crippen molar-refractivity contribution in [3.8, 4) is 5.75 Å². The second kappa shape index (κ2) is 6.00. The summed E-state index contributed by atoms with van der Waals surface area (Å²) in [6.07, 6.45) is 3.43. The van der Waals surface area contributed by atoms with Crippen molar-refractivity contribution in [2.45, 2.75) is 18.9 Å². The van der Waals surface area contributed by atoms with Crippen LogP contribution in [0.4, 0.5) is 5.69 Å². The van der Waals surface area contributed by atoms with Gasteiger partial charge in [0.15, 0.2) is 0 Å². The van der Waals surface area contributed by atoms with Crippen LogP contribution in [-0.2, 0) is 4.79 Å². The van der Waals surface area contributed by atoms with Crippen molar-refractivity contribution in [3.05, 3.63) is 34.4 Å². The number of rotatable bonds is 4. The number of nitro benzene ring substituents is 1. The quantitative estimate of drug-likeness (QED) is 0.353. The fraction of sp³-hybridized carbons (Fsp3) is 0.417. The van der Waals surface area contributed by atoms with Gasteiger partial charge in [0.1, 0.15) is 11.9 Å². The van der Waals surface area contributed by atoms with Gasteiger partial charge in [0.2, 0.25) is 0 Å². The molecule has 1 aliphatic heterocycles. The summed E-state index contributed by atoms with van der Waals surface area (Å²) in [7, 11) is 0. The van der Waals surface area contributed by atoms with Crippen LogP contribution >= 0.6 is 0 Å². The zero-order chi connectivity index (χ0) is 13.0. The zero-order valence-electron chi connectivity index (χ0n) is 10.0. The molecular formula is C12H13FmN2O4-. The molecule has 1 aromatic carbocycles. The van der Waals surface area contributed by atoms with Crippen molar-refractivity contribution in [2.75, 3.05) is 13.1 Å². The maximum atomic E-state index is 10.5. The van der Waals surface area contributed by atoms with Gasteiger partial charge >= 0.3 is 0 Å². The number of benzene rings is 1. The van der Waals surface area contributed by atoms with Gasteiger partial charge in [-0.15, -0.1) is 0 Å². The monoisotopic (exact) mass is 506 g/mol. The van der Waals surface area contributed by atoms with Gasteiger partial charge in [-0.3, -0.25) is 10.1 Å². The fourth-order valence-electron chi connectivity index (χ4n) is 1.90. The molecule has 0 unspecified atom stereocenters. The van der Waals surface area contributed by atoms with E-state index in [1.54, 1.807) is 17.0 Å². The van der Waals surface area contributed by atoms with Crippen LogP contribution in [0.15, 0.2) is 24.3 Å². The smallest absolute Gasteiger partial charge is 0.269 e. The minimum atomic E-state index is -0.442. The van der Waals surface area contributed by atoms with Crippen LogP contribution in [-0.4, -0.2) is 35.4 Å². The van der Waals surface area contributed by atoms with Gasteiger partial charge in [0.05, 0.1) is 4.92 Å². The van der Waals surface area contributed by atoms with Crippen LogP contribution in [0.5, 0.6) is 5.75 Å². The van der Waals surface area contributed by atoms with Crippen molar-refractivity contribution in [2.24, 2.45) is 0 Å². The predicted molar refractivity (Wildman–Crippen MR) is 64.0 cm³/mol. The molecule has 0 spiro atoms. The standard InChI is InChI=1S/C12H13N2O4.Fm/c15-9-13-7-5-12(6-8-13)18-11-3-1-10(2-4-11)14(16)17;/h1-4,12H,5-8H2;/q-1;. The van der Waals surface area contributed by atoms with Crippen LogP contribution in [0.25, 0.3) is 0 Å². The van der Waals surface area contributed by atoms with Crippen molar-refractivity contribution in [1.29, 1.82) is 0 Å². The van der Waals surface area contributed by atoms with Crippen molar-refractivity contribution in [3.63, 3.8) is 0 Å². The van der Waals surface area contributed by atoms with Crippen molar-refractivity contribution in [1.82, 2.24) is 4.90 Å². The summed E-state index contributed by atoms with van der Waals surface area (Å²) in [5.41, 5.74) is 0.0488. The Hall–Kier alpha value is -3.11. The topological polar surface area (TPSA) is 72.7 Å². The molecule has 108 valence electrons. The van der Waals surface area contributed by atoms with Gasteiger partial charge in [-0.05, 0) is 38.1 Å². The first-order valence-electron chi connectivity index (χ1n) is 5.73. The van der Waals surface area contributed by atoms with E-state index in [9.17, 15) is 14.9 Å². The van der Waals surface area contributed by atoms with E-state index in [0.717, 1.165) is 12.8 Å². The summed E-state index contributed by atoms with van der Waals surface area (Å²) >= 11 is 0. The predicted octanol–water partition coefficient (Wildman–Crippen LogP) is 1.51. The van der Waals surface area contributed by atoms with E-state index in [0.29, 0.717) is 18.8 Å². The van der Waals surface area contributed by atoms with Crippen LogP contribution in [0.2, 0.25) is 0 Å². The Morgan fingerprint density at radius 1 is 1.26 bits per heavy atom. The molecule has 1 amide bonds. The van der Waals surface area contributed by atoms with Crippen LogP contribution in [0.3, 0.4) is 0 Å². The zero-order valence-corrected chi connectivity index (χ0v) is 12.4. The van der Waals surface area contributed by atoms with Crippen LogP contribution in [0, 0.1) is 10.1 Å². The summed E-state index contributed by atoms with van der Waals surface area (Å²) in [5, 5.41) is 10.5. The number of nitro groups is 1. The third-order valence-corrected chi connectivity index (χ3v) is 2.92. The number of ether oxygens (including phenoxy) is 1. The SMILES string of the molecule is O=[C-]N1CCC(Oc2ccc([N+](=O)[O-])cc2)CC1.[Fm]. The normalized spacial score (nSPS) is 15.5. The Balaban J connectivity index is 0.00000180. The molecule has 19 heavy (non-hydrogen) atoms. The summed E-state index contributed by atoms with van der Waals surface area (Å²) in [6, 6.07) is 6.03. The third-order valence-electron chi connectivity index (χ3n) is 2.92. The maximum Gasteiger partial charge on any atom is 0.269 e. The summed E-state index contributed by atoms with van der Waals surface area (Å²) in [4.78, 5) is 22.1. The molecule has 0 aliphatic carbocycles. The van der Waals surface area contributed by atoms with E-state index >= 15 is 0 Å². The molecular weight excluding hydrogens is 493 g/mol. The van der Waals surface area contributed by atoms with E-state index in [-0.39, 0.29) is 11.8 Å². The van der Waals surface area contributed by atoms with E-state index < -0.39 is 4.92 Å². The Labute approximate surface area is 104 Å². The molecule has 1 aromatic rings. The number of likely N-dealkylation sites (tertiary alicyclic amines) is 1. The molecule has 0 N–H and O–H groups in total. The van der Waals surface area contributed by atoms with E-state index in [1.807, 2.05) is 6.41 Å². The Morgan fingerprint density at radius 2 is 1.84 bits per heavy atom. The average Bonchev–Trinajstić information content (AvgIpc) is 2.40. The van der Waals surface area contributed by atoms with Crippen molar-refractivity contribution >= 4 is 12.1 Å². The second-order valence-corrected chi connectivity index (χ2v) is 4.15. The van der Waals surface area contributed by atoms with Gasteiger partial charge in [0.25, 0.3) is 5.69 Å². The number of piperidine rings is 1. The minimum absolute atomic E-state index is 0. The molecule has 0 atom stereocenters. The molecule has 1 fully saturated rings. The number of non-ortho nitro benzene ring substituents is 1. The minimum Gasteiger partial charge on any atom is -0.520 e. The first-order chi connectivity index (χ1) is 8.69. The Kier molecular flexibility index (Phi) is 4.40. The van der Waals surface area contributed by atoms with Gasteiger partial charge < -0.3 is 14.4 Å². The number of hydrogen-bond acceptors (Lipinski definition) is 4. The molecule has 7 heteroatoms. The van der Waals surface area contributed by atoms with Gasteiger partial charge in [0, 0.05) is 12.1 Å². The first-order valence-corrected chi connectivity index (χ1v) is 5.73. The molecule has 2 rings (SSSR count). The largest absolute Gasteiger partial charge is 0.520 e. The second-order valence-electron chi connectivity index (χ2n) is 4.15. The van der Waals surface area contributed by atoms with Gasteiger partial charge in [-0.1, -0.05) is 0 Å². The molecule has 0 aromatic heterocycles. The molecule has 1 heterocycles. The average molecular weight is 506 g/mol. The van der Waals surface area contributed by atoms with Crippen LogP contribution in [0.1, 0.15) is 12.8 Å². The van der Waals surface area contributed by atoms with Crippen molar-refractivity contribution < 1.29 is 14.5 Å². The third kappa shape index (κ3) is 3.42. The summed E-state index contributed by atoms with van der Waals surface area (Å²) < 4.78 is 5.70. The summed E-state index contributed by atoms with van der Waals surface area (Å²) in [6.45, 7) is 1.28. The number of carbonyl (C=O) groups excluding carboxylic acids is 1. The molecule has 0 radical (unpaired) electrons. The summed E-state index contributed by atoms with van der Waals surface area (Å²) in [5.74, 6) is 0.620. The molecule has 0 saturated carbocycles. The maximum absolute atomic E-state index is 10.5. The number of amides is 1. The first kappa shape index (κ1) is 14.0. The van der Waals surface area contributed by atoms with E-state index in [2.05, 4.69) is 0 Å². The van der Waals surface area contributed by atoms with E-state index in [1.165, 1.54) is 12.1 Å².